The molecular formula is C32H36N2O5. The lowest BCUT2D eigenvalue weighted by Crippen LogP contribution is -2.32. The average Bonchev–Trinajstić information content (AvgIpc) is 3.18. The molecule has 1 aliphatic rings. The van der Waals surface area contributed by atoms with E-state index in [0.717, 1.165) is 23.2 Å². The maximum Gasteiger partial charge on any atom is 0.295 e. The van der Waals surface area contributed by atoms with Crippen LogP contribution in [-0.2, 0) is 16.2 Å². The van der Waals surface area contributed by atoms with E-state index in [1.54, 1.807) is 29.2 Å². The number of Topliss-reactive ketones (excluding diaryl/α,β-unsaturated/α-hetero) is 1. The first-order valence-corrected chi connectivity index (χ1v) is 13.2. The molecule has 0 saturated carbocycles. The zero-order valence-corrected chi connectivity index (χ0v) is 23.0. The molecule has 0 aliphatic carbocycles. The number of ketones is 1. The topological polar surface area (TPSA) is 79.3 Å². The Morgan fingerprint density at radius 3 is 2.21 bits per heavy atom. The van der Waals surface area contributed by atoms with Crippen LogP contribution in [0.4, 0.5) is 0 Å². The zero-order valence-electron chi connectivity index (χ0n) is 23.0. The smallest absolute Gasteiger partial charge is 0.295 e. The van der Waals surface area contributed by atoms with E-state index in [4.69, 9.17) is 9.47 Å². The zero-order chi connectivity index (χ0) is 27.9. The van der Waals surface area contributed by atoms with Crippen molar-refractivity contribution in [2.24, 2.45) is 0 Å². The number of hydrogen-bond acceptors (Lipinski definition) is 6. The lowest BCUT2D eigenvalue weighted by molar-refractivity contribution is -0.139. The Bertz CT molecular complexity index is 1330. The van der Waals surface area contributed by atoms with Crippen LogP contribution < -0.4 is 9.47 Å². The Hall–Kier alpha value is -4.10. The van der Waals surface area contributed by atoms with Crippen molar-refractivity contribution >= 4 is 17.4 Å². The number of amides is 1. The van der Waals surface area contributed by atoms with Gasteiger partial charge in [-0.05, 0) is 94.0 Å². The van der Waals surface area contributed by atoms with Crippen molar-refractivity contribution in [1.29, 1.82) is 0 Å². The van der Waals surface area contributed by atoms with Crippen molar-refractivity contribution in [3.8, 4) is 11.5 Å². The Morgan fingerprint density at radius 1 is 0.923 bits per heavy atom. The second-order valence-electron chi connectivity index (χ2n) is 9.89. The van der Waals surface area contributed by atoms with Gasteiger partial charge in [0.25, 0.3) is 11.7 Å². The van der Waals surface area contributed by atoms with E-state index in [0.29, 0.717) is 43.2 Å². The summed E-state index contributed by atoms with van der Waals surface area (Å²) in [5.41, 5.74) is 3.51. The molecule has 1 aliphatic heterocycles. The summed E-state index contributed by atoms with van der Waals surface area (Å²) in [6.45, 7) is 6.07. The fourth-order valence-corrected chi connectivity index (χ4v) is 4.73. The van der Waals surface area contributed by atoms with Crippen LogP contribution in [0, 0.1) is 6.92 Å². The third-order valence-corrected chi connectivity index (χ3v) is 6.83. The van der Waals surface area contributed by atoms with E-state index in [1.165, 1.54) is 0 Å². The Labute approximate surface area is 230 Å². The van der Waals surface area contributed by atoms with Crippen molar-refractivity contribution in [2.45, 2.75) is 32.9 Å². The molecular weight excluding hydrogens is 492 g/mol. The Kier molecular flexibility index (Phi) is 9.04. The quantitative estimate of drug-likeness (QED) is 0.205. The highest BCUT2D eigenvalue weighted by Crippen LogP contribution is 2.40. The molecule has 1 unspecified atom stereocenters. The molecule has 39 heavy (non-hydrogen) atoms. The van der Waals surface area contributed by atoms with E-state index < -0.39 is 17.7 Å². The minimum atomic E-state index is -0.695. The maximum absolute atomic E-state index is 13.3. The van der Waals surface area contributed by atoms with E-state index >= 15 is 0 Å². The molecule has 0 aromatic heterocycles. The van der Waals surface area contributed by atoms with Crippen LogP contribution in [0.25, 0.3) is 5.76 Å². The molecule has 0 spiro atoms. The minimum absolute atomic E-state index is 0.0857. The Morgan fingerprint density at radius 2 is 1.56 bits per heavy atom. The van der Waals surface area contributed by atoms with Gasteiger partial charge in [0.05, 0.1) is 18.2 Å². The maximum atomic E-state index is 13.3. The van der Waals surface area contributed by atoms with Gasteiger partial charge in [-0.15, -0.1) is 0 Å². The van der Waals surface area contributed by atoms with Crippen LogP contribution >= 0.6 is 0 Å². The highest BCUT2D eigenvalue weighted by atomic mass is 16.5. The predicted octanol–water partition coefficient (Wildman–Crippen LogP) is 5.35. The van der Waals surface area contributed by atoms with Crippen molar-refractivity contribution in [1.82, 2.24) is 9.80 Å². The molecule has 1 atom stereocenters. The summed E-state index contributed by atoms with van der Waals surface area (Å²) < 4.78 is 11.5. The highest BCUT2D eigenvalue weighted by Gasteiger charge is 2.45. The first-order chi connectivity index (χ1) is 18.8. The van der Waals surface area contributed by atoms with Gasteiger partial charge in [0, 0.05) is 12.1 Å². The van der Waals surface area contributed by atoms with Gasteiger partial charge >= 0.3 is 0 Å². The van der Waals surface area contributed by atoms with Gasteiger partial charge in [0.15, 0.2) is 0 Å². The number of aliphatic hydroxyl groups is 1. The third-order valence-electron chi connectivity index (χ3n) is 6.83. The van der Waals surface area contributed by atoms with E-state index in [-0.39, 0.29) is 11.3 Å². The fraction of sp³-hybridized carbons (Fsp3) is 0.312. The summed E-state index contributed by atoms with van der Waals surface area (Å²) in [5, 5.41) is 11.4. The SMILES string of the molecule is CCOc1ccc(C2C(=C(O)c3ccc(OCc4ccccc4C)cc3)C(=O)C(=O)N2CCCN(C)C)cc1. The summed E-state index contributed by atoms with van der Waals surface area (Å²) in [5.74, 6) is -0.148. The molecule has 1 N–H and O–H groups in total. The monoisotopic (exact) mass is 528 g/mol. The van der Waals surface area contributed by atoms with Crippen LogP contribution in [0.2, 0.25) is 0 Å². The molecule has 1 heterocycles. The predicted molar refractivity (Wildman–Crippen MR) is 152 cm³/mol. The van der Waals surface area contributed by atoms with E-state index in [1.807, 2.05) is 81.4 Å². The number of carbonyl (C=O) groups excluding carboxylic acids is 2. The van der Waals surface area contributed by atoms with Crippen molar-refractivity contribution in [3.05, 3.63) is 101 Å². The Balaban J connectivity index is 1.63. The fourth-order valence-electron chi connectivity index (χ4n) is 4.73. The number of benzene rings is 3. The van der Waals surface area contributed by atoms with Gasteiger partial charge in [0.2, 0.25) is 0 Å². The van der Waals surface area contributed by atoms with Crippen molar-refractivity contribution in [3.63, 3.8) is 0 Å². The van der Waals surface area contributed by atoms with Crippen LogP contribution in [-0.4, -0.2) is 60.4 Å². The van der Waals surface area contributed by atoms with Gasteiger partial charge in [-0.2, -0.15) is 0 Å². The first kappa shape index (κ1) is 27.9. The number of aryl methyl sites for hydroxylation is 1. The first-order valence-electron chi connectivity index (χ1n) is 13.2. The molecule has 1 saturated heterocycles. The van der Waals surface area contributed by atoms with Gasteiger partial charge in [-0.3, -0.25) is 9.59 Å². The number of aliphatic hydroxyl groups excluding tert-OH is 1. The van der Waals surface area contributed by atoms with Gasteiger partial charge in [0.1, 0.15) is 23.9 Å². The largest absolute Gasteiger partial charge is 0.507 e. The molecule has 4 rings (SSSR count). The minimum Gasteiger partial charge on any atom is -0.507 e. The second kappa shape index (κ2) is 12.6. The number of rotatable bonds is 11. The summed E-state index contributed by atoms with van der Waals surface area (Å²) in [7, 11) is 3.93. The number of nitrogens with zero attached hydrogens (tertiary/aromatic N) is 2. The lowest BCUT2D eigenvalue weighted by Gasteiger charge is -2.26. The summed E-state index contributed by atoms with van der Waals surface area (Å²) >= 11 is 0. The van der Waals surface area contributed by atoms with E-state index in [2.05, 4.69) is 0 Å². The number of likely N-dealkylation sites (tertiary alicyclic amines) is 1. The lowest BCUT2D eigenvalue weighted by atomic mass is 9.95. The summed E-state index contributed by atoms with van der Waals surface area (Å²) in [4.78, 5) is 30.0. The number of hydrogen-bond donors (Lipinski definition) is 1. The molecule has 1 amide bonds. The normalized spacial score (nSPS) is 16.6. The highest BCUT2D eigenvalue weighted by molar-refractivity contribution is 6.46. The second-order valence-corrected chi connectivity index (χ2v) is 9.89. The summed E-state index contributed by atoms with van der Waals surface area (Å²) in [6, 6.07) is 21.6. The molecule has 0 bridgehead atoms. The van der Waals surface area contributed by atoms with Gasteiger partial charge in [-0.1, -0.05) is 36.4 Å². The molecule has 3 aromatic carbocycles. The summed E-state index contributed by atoms with van der Waals surface area (Å²) in [6.07, 6.45) is 0.695. The molecule has 204 valence electrons. The van der Waals surface area contributed by atoms with Crippen LogP contribution in [0.1, 0.15) is 41.6 Å². The molecule has 7 heteroatoms. The molecule has 0 radical (unpaired) electrons. The van der Waals surface area contributed by atoms with E-state index in [9.17, 15) is 14.7 Å². The van der Waals surface area contributed by atoms with Crippen LogP contribution in [0.3, 0.4) is 0 Å². The van der Waals surface area contributed by atoms with Gasteiger partial charge in [-0.25, -0.2) is 0 Å². The van der Waals surface area contributed by atoms with Gasteiger partial charge < -0.3 is 24.4 Å². The van der Waals surface area contributed by atoms with Crippen LogP contribution in [0.5, 0.6) is 11.5 Å². The third kappa shape index (κ3) is 6.49. The molecule has 1 fully saturated rings. The average molecular weight is 529 g/mol. The molecule has 7 nitrogen and oxygen atoms in total. The van der Waals surface area contributed by atoms with Crippen molar-refractivity contribution in [2.75, 3.05) is 33.8 Å². The van der Waals surface area contributed by atoms with Crippen LogP contribution in [0.15, 0.2) is 78.4 Å². The van der Waals surface area contributed by atoms with Crippen molar-refractivity contribution < 1.29 is 24.2 Å². The molecule has 3 aromatic rings. The number of ether oxygens (including phenoxy) is 2. The number of carbonyl (C=O) groups is 2. The standard InChI is InChI=1S/C32H36N2O5/c1-5-38-26-15-11-23(12-16-26)29-28(31(36)32(37)34(29)20-8-19-33(3)4)30(35)24-13-17-27(18-14-24)39-21-25-10-7-6-9-22(25)2/h6-7,9-18,29,35H,5,8,19-21H2,1-4H3.